The second-order valence-electron chi connectivity index (χ2n) is 6.47. The number of benzene rings is 1. The molecule has 2 aliphatic rings. The highest BCUT2D eigenvalue weighted by molar-refractivity contribution is 5.99. The van der Waals surface area contributed by atoms with Gasteiger partial charge in [0.1, 0.15) is 12.6 Å². The van der Waals surface area contributed by atoms with Crippen LogP contribution in [0.25, 0.3) is 0 Å². The molecule has 134 valence electrons. The molecule has 2 amide bonds. The van der Waals surface area contributed by atoms with Crippen LogP contribution in [0.5, 0.6) is 0 Å². The summed E-state index contributed by atoms with van der Waals surface area (Å²) >= 11 is 0. The lowest BCUT2D eigenvalue weighted by Crippen LogP contribution is -2.60. The Balaban J connectivity index is 1.74. The molecule has 2 saturated heterocycles. The highest BCUT2D eigenvalue weighted by Gasteiger charge is 2.42. The first kappa shape index (κ1) is 17.3. The summed E-state index contributed by atoms with van der Waals surface area (Å²) < 4.78 is 4.59. The van der Waals surface area contributed by atoms with Gasteiger partial charge in [-0.3, -0.25) is 14.4 Å². The summed E-state index contributed by atoms with van der Waals surface area (Å²) in [5.74, 6) is -0.510. The molecular weight excluding hydrogens is 322 g/mol. The van der Waals surface area contributed by atoms with Crippen LogP contribution < -0.4 is 5.32 Å². The van der Waals surface area contributed by atoms with Crippen molar-refractivity contribution < 1.29 is 19.1 Å². The number of nitrogens with one attached hydrogen (secondary N) is 1. The maximum Gasteiger partial charge on any atom is 0.325 e. The average Bonchev–Trinajstić information content (AvgIpc) is 3.11. The SMILES string of the molecule is COC(=O)CNc1cccc(C(=O)N2C[C@H]3CCCN3C(=O)[C@H]2C)c1. The number of amides is 2. The van der Waals surface area contributed by atoms with Crippen molar-refractivity contribution in [2.45, 2.75) is 31.8 Å². The minimum Gasteiger partial charge on any atom is -0.468 e. The number of fused-ring (bicyclic) bond motifs is 1. The van der Waals surface area contributed by atoms with E-state index in [4.69, 9.17) is 0 Å². The maximum atomic E-state index is 12.9. The van der Waals surface area contributed by atoms with Crippen molar-refractivity contribution >= 4 is 23.5 Å². The average molecular weight is 345 g/mol. The predicted octanol–water partition coefficient (Wildman–Crippen LogP) is 1.11. The molecule has 0 aliphatic carbocycles. The summed E-state index contributed by atoms with van der Waals surface area (Å²) in [6.07, 6.45) is 1.95. The van der Waals surface area contributed by atoms with Crippen molar-refractivity contribution in [1.29, 1.82) is 0 Å². The fraction of sp³-hybridized carbons (Fsp3) is 0.500. The van der Waals surface area contributed by atoms with E-state index in [2.05, 4.69) is 10.1 Å². The predicted molar refractivity (Wildman–Crippen MR) is 92.2 cm³/mol. The Hall–Kier alpha value is -2.57. The van der Waals surface area contributed by atoms with E-state index in [1.807, 2.05) is 4.90 Å². The maximum absolute atomic E-state index is 12.9. The number of esters is 1. The number of carbonyl (C=O) groups excluding carboxylic acids is 3. The molecule has 0 aromatic heterocycles. The van der Waals surface area contributed by atoms with E-state index >= 15 is 0 Å². The Labute approximate surface area is 146 Å². The molecule has 0 bridgehead atoms. The number of anilines is 1. The number of hydrogen-bond acceptors (Lipinski definition) is 5. The van der Waals surface area contributed by atoms with Crippen LogP contribution in [0, 0.1) is 0 Å². The molecule has 0 unspecified atom stereocenters. The lowest BCUT2D eigenvalue weighted by atomic mass is 10.0. The minimum atomic E-state index is -0.450. The van der Waals surface area contributed by atoms with Crippen LogP contribution in [0.2, 0.25) is 0 Å². The second kappa shape index (κ2) is 7.13. The van der Waals surface area contributed by atoms with Crippen LogP contribution in [-0.2, 0) is 14.3 Å². The number of ether oxygens (including phenoxy) is 1. The third kappa shape index (κ3) is 3.45. The zero-order valence-electron chi connectivity index (χ0n) is 14.5. The molecule has 25 heavy (non-hydrogen) atoms. The molecule has 0 radical (unpaired) electrons. The normalized spacial score (nSPS) is 22.6. The molecule has 2 aliphatic heterocycles. The molecule has 0 saturated carbocycles. The monoisotopic (exact) mass is 345 g/mol. The van der Waals surface area contributed by atoms with Gasteiger partial charge < -0.3 is 19.9 Å². The van der Waals surface area contributed by atoms with Gasteiger partial charge in [0.25, 0.3) is 5.91 Å². The topological polar surface area (TPSA) is 79.0 Å². The Morgan fingerprint density at radius 1 is 1.36 bits per heavy atom. The zero-order chi connectivity index (χ0) is 18.0. The van der Waals surface area contributed by atoms with Crippen LogP contribution in [0.1, 0.15) is 30.1 Å². The van der Waals surface area contributed by atoms with Crippen molar-refractivity contribution in [3.63, 3.8) is 0 Å². The van der Waals surface area contributed by atoms with Gasteiger partial charge in [0.05, 0.1) is 7.11 Å². The fourth-order valence-corrected chi connectivity index (χ4v) is 3.51. The molecule has 1 N–H and O–H groups in total. The number of piperazine rings is 1. The summed E-state index contributed by atoms with van der Waals surface area (Å²) in [6.45, 7) is 3.19. The largest absolute Gasteiger partial charge is 0.468 e. The summed E-state index contributed by atoms with van der Waals surface area (Å²) in [6, 6.07) is 6.64. The number of nitrogens with zero attached hydrogens (tertiary/aromatic N) is 2. The Kier molecular flexibility index (Phi) is 4.92. The number of hydrogen-bond donors (Lipinski definition) is 1. The molecule has 2 atom stereocenters. The molecule has 1 aromatic rings. The first-order chi connectivity index (χ1) is 12.0. The highest BCUT2D eigenvalue weighted by atomic mass is 16.5. The van der Waals surface area contributed by atoms with E-state index < -0.39 is 6.04 Å². The molecular formula is C18H23N3O4. The van der Waals surface area contributed by atoms with Gasteiger partial charge >= 0.3 is 5.97 Å². The number of carbonyl (C=O) groups is 3. The summed E-state index contributed by atoms with van der Waals surface area (Å²) in [7, 11) is 1.32. The quantitative estimate of drug-likeness (QED) is 0.827. The van der Waals surface area contributed by atoms with Gasteiger partial charge in [-0.25, -0.2) is 0 Å². The number of methoxy groups -OCH3 is 1. The van der Waals surface area contributed by atoms with Crippen LogP contribution >= 0.6 is 0 Å². The van der Waals surface area contributed by atoms with Crippen molar-refractivity contribution in [3.05, 3.63) is 29.8 Å². The van der Waals surface area contributed by atoms with Crippen LogP contribution in [0.4, 0.5) is 5.69 Å². The third-order valence-electron chi connectivity index (χ3n) is 4.93. The highest BCUT2D eigenvalue weighted by Crippen LogP contribution is 2.27. The lowest BCUT2D eigenvalue weighted by molar-refractivity contribution is -0.141. The smallest absolute Gasteiger partial charge is 0.325 e. The second-order valence-corrected chi connectivity index (χ2v) is 6.47. The Morgan fingerprint density at radius 2 is 2.16 bits per heavy atom. The van der Waals surface area contributed by atoms with Gasteiger partial charge in [0.15, 0.2) is 0 Å². The van der Waals surface area contributed by atoms with Crippen molar-refractivity contribution in [1.82, 2.24) is 9.80 Å². The molecule has 2 heterocycles. The van der Waals surface area contributed by atoms with Gasteiger partial charge in [0.2, 0.25) is 5.91 Å². The molecule has 1 aromatic carbocycles. The van der Waals surface area contributed by atoms with Crippen LogP contribution in [0.3, 0.4) is 0 Å². The fourth-order valence-electron chi connectivity index (χ4n) is 3.51. The van der Waals surface area contributed by atoms with Crippen LogP contribution in [0.15, 0.2) is 24.3 Å². The Morgan fingerprint density at radius 3 is 2.92 bits per heavy atom. The summed E-state index contributed by atoms with van der Waals surface area (Å²) in [5.41, 5.74) is 1.16. The molecule has 7 heteroatoms. The van der Waals surface area contributed by atoms with Gasteiger partial charge in [-0.2, -0.15) is 0 Å². The summed E-state index contributed by atoms with van der Waals surface area (Å²) in [5, 5.41) is 2.93. The van der Waals surface area contributed by atoms with Gasteiger partial charge in [0, 0.05) is 30.4 Å². The minimum absolute atomic E-state index is 0.0297. The molecule has 7 nitrogen and oxygen atoms in total. The van der Waals surface area contributed by atoms with E-state index in [-0.39, 0.29) is 30.4 Å². The van der Waals surface area contributed by atoms with Gasteiger partial charge in [-0.1, -0.05) is 6.07 Å². The first-order valence-electron chi connectivity index (χ1n) is 8.53. The first-order valence-corrected chi connectivity index (χ1v) is 8.53. The van der Waals surface area contributed by atoms with E-state index in [0.717, 1.165) is 19.4 Å². The van der Waals surface area contributed by atoms with E-state index in [0.29, 0.717) is 17.8 Å². The van der Waals surface area contributed by atoms with Gasteiger partial charge in [-0.15, -0.1) is 0 Å². The van der Waals surface area contributed by atoms with E-state index in [9.17, 15) is 14.4 Å². The molecule has 3 rings (SSSR count). The Bertz CT molecular complexity index is 691. The van der Waals surface area contributed by atoms with Crippen LogP contribution in [-0.4, -0.2) is 66.4 Å². The zero-order valence-corrected chi connectivity index (χ0v) is 14.5. The van der Waals surface area contributed by atoms with E-state index in [1.165, 1.54) is 7.11 Å². The van der Waals surface area contributed by atoms with Crippen molar-refractivity contribution in [3.8, 4) is 0 Å². The number of rotatable bonds is 4. The summed E-state index contributed by atoms with van der Waals surface area (Å²) in [4.78, 5) is 40.2. The standard InChI is InChI=1S/C18H23N3O4/c1-12-17(23)20-8-4-7-15(20)11-21(12)18(24)13-5-3-6-14(9-13)19-10-16(22)25-2/h3,5-6,9,12,15,19H,4,7-8,10-11H2,1-2H3/t12-,15-/m1/s1. The third-order valence-corrected chi connectivity index (χ3v) is 4.93. The molecule has 2 fully saturated rings. The van der Waals surface area contributed by atoms with Crippen molar-refractivity contribution in [2.24, 2.45) is 0 Å². The lowest BCUT2D eigenvalue weighted by Gasteiger charge is -2.41. The van der Waals surface area contributed by atoms with E-state index in [1.54, 1.807) is 36.1 Å². The van der Waals surface area contributed by atoms with Crippen molar-refractivity contribution in [2.75, 3.05) is 32.1 Å². The van der Waals surface area contributed by atoms with Gasteiger partial charge in [-0.05, 0) is 38.0 Å². The molecule has 0 spiro atoms.